The maximum atomic E-state index is 13.0. The van der Waals surface area contributed by atoms with Gasteiger partial charge in [-0.05, 0) is 127 Å². The van der Waals surface area contributed by atoms with Gasteiger partial charge in [0.15, 0.2) is 5.69 Å². The molecule has 3 fully saturated rings. The minimum atomic E-state index is -4.65. The molecule has 0 saturated carbocycles. The number of piperidine rings is 1. The average Bonchev–Trinajstić information content (AvgIpc) is 3.28. The molecule has 63 heavy (non-hydrogen) atoms. The standard InChI is InChI=1S/C45H56F3IN8O6/c46-45(47,48)40-25-51-26-41(54-40)53-37-29-62-39(43(59)42(37)58)28-56-21-19-55(20-22-56)27-31-13-17-57(18-14-31)33-5-3-32(4-6-33)44(60)52-16-1-23-61-34-7-9-35(10-8-34)63-38-11-2-30(12-15-50)24-36(38)49/h2-11,24-26,31,37,39,42-43,58-59H,1,12-23,27-29,50H2,(H,52,60)(H,53,54)/t37-,39+,42+,43-/m0/s1. The Labute approximate surface area is 379 Å². The number of hydrogen-bond donors (Lipinski definition) is 5. The fourth-order valence-corrected chi connectivity index (χ4v) is 8.84. The summed E-state index contributed by atoms with van der Waals surface area (Å²) < 4.78 is 58.0. The molecule has 0 unspecified atom stereocenters. The van der Waals surface area contributed by atoms with Gasteiger partial charge >= 0.3 is 6.18 Å². The molecule has 1 amide bonds. The minimum absolute atomic E-state index is 0.00190. The molecule has 0 radical (unpaired) electrons. The number of anilines is 2. The van der Waals surface area contributed by atoms with Gasteiger partial charge in [0.1, 0.15) is 35.3 Å². The summed E-state index contributed by atoms with van der Waals surface area (Å²) in [5.41, 5.74) is 7.44. The van der Waals surface area contributed by atoms with Gasteiger partial charge in [0, 0.05) is 70.2 Å². The zero-order chi connectivity index (χ0) is 44.3. The summed E-state index contributed by atoms with van der Waals surface area (Å²) in [5, 5.41) is 27.3. The Morgan fingerprint density at radius 1 is 0.905 bits per heavy atom. The normalized spacial score (nSPS) is 21.5. The Kier molecular flexibility index (Phi) is 16.3. The van der Waals surface area contributed by atoms with Crippen LogP contribution in [-0.4, -0.2) is 139 Å². The number of nitrogens with two attached hydrogens (primary N) is 1. The van der Waals surface area contributed by atoms with Gasteiger partial charge in [0.25, 0.3) is 5.91 Å². The Hall–Kier alpha value is -4.31. The molecule has 3 aromatic carbocycles. The van der Waals surface area contributed by atoms with E-state index < -0.39 is 36.2 Å². The predicted molar refractivity (Wildman–Crippen MR) is 241 cm³/mol. The van der Waals surface area contributed by atoms with Gasteiger partial charge < -0.3 is 50.6 Å². The molecule has 1 aromatic heterocycles. The lowest BCUT2D eigenvalue weighted by Gasteiger charge is -2.43. The van der Waals surface area contributed by atoms with Crippen LogP contribution in [0.4, 0.5) is 24.7 Å². The highest BCUT2D eigenvalue weighted by Crippen LogP contribution is 2.31. The van der Waals surface area contributed by atoms with Gasteiger partial charge in [0.2, 0.25) is 0 Å². The summed E-state index contributed by atoms with van der Waals surface area (Å²) in [6.07, 6.45) is -2.34. The van der Waals surface area contributed by atoms with E-state index in [1.807, 2.05) is 60.7 Å². The number of hydrogen-bond acceptors (Lipinski definition) is 13. The van der Waals surface area contributed by atoms with Crippen LogP contribution >= 0.6 is 22.6 Å². The number of amides is 1. The Balaban J connectivity index is 0.747. The Morgan fingerprint density at radius 2 is 1.60 bits per heavy atom. The first-order valence-corrected chi connectivity index (χ1v) is 22.6. The second-order valence-electron chi connectivity index (χ2n) is 16.3. The van der Waals surface area contributed by atoms with Crippen molar-refractivity contribution in [3.63, 3.8) is 0 Å². The molecule has 18 heteroatoms. The molecule has 3 aliphatic heterocycles. The van der Waals surface area contributed by atoms with E-state index in [1.54, 1.807) is 0 Å². The molecule has 6 N–H and O–H groups in total. The fourth-order valence-electron chi connectivity index (χ4n) is 8.15. The topological polar surface area (TPSA) is 171 Å². The van der Waals surface area contributed by atoms with E-state index in [1.165, 1.54) is 5.56 Å². The van der Waals surface area contributed by atoms with Crippen LogP contribution in [0.25, 0.3) is 0 Å². The van der Waals surface area contributed by atoms with E-state index in [2.05, 4.69) is 64.0 Å². The number of benzene rings is 3. The molecule has 4 heterocycles. The second kappa shape index (κ2) is 22.1. The van der Waals surface area contributed by atoms with Gasteiger partial charge in [-0.15, -0.1) is 0 Å². The van der Waals surface area contributed by atoms with E-state index in [4.69, 9.17) is 19.9 Å². The van der Waals surface area contributed by atoms with Crippen LogP contribution in [0, 0.1) is 9.49 Å². The van der Waals surface area contributed by atoms with Gasteiger partial charge in [-0.3, -0.25) is 14.7 Å². The van der Waals surface area contributed by atoms with Crippen LogP contribution in [0.2, 0.25) is 0 Å². The smallest absolute Gasteiger partial charge is 0.434 e. The third-order valence-corrected chi connectivity index (χ3v) is 12.6. The average molecular weight is 989 g/mol. The molecule has 14 nitrogen and oxygen atoms in total. The van der Waals surface area contributed by atoms with Crippen LogP contribution in [0.1, 0.15) is 40.9 Å². The molecule has 0 spiro atoms. The summed E-state index contributed by atoms with van der Waals surface area (Å²) in [5.74, 6) is 2.57. The summed E-state index contributed by atoms with van der Waals surface area (Å²) in [4.78, 5) is 27.1. The highest BCUT2D eigenvalue weighted by Gasteiger charge is 2.40. The Bertz CT molecular complexity index is 2070. The summed E-state index contributed by atoms with van der Waals surface area (Å²) in [7, 11) is 0. The number of ether oxygens (including phenoxy) is 3. The van der Waals surface area contributed by atoms with Gasteiger partial charge in [-0.2, -0.15) is 13.2 Å². The van der Waals surface area contributed by atoms with Crippen molar-refractivity contribution in [2.45, 2.75) is 56.2 Å². The SMILES string of the molecule is NCCc1ccc(Oc2ccc(OCCCNC(=O)c3ccc(N4CCC(CN5CCN(C[C@H]6OC[C@H](Nc7cncc(C(F)(F)F)n7)[C@@H](O)[C@H]6O)CC5)CC4)cc3)cc2)c(I)c1. The third kappa shape index (κ3) is 13.1. The van der Waals surface area contributed by atoms with Gasteiger partial charge in [-0.1, -0.05) is 6.07 Å². The minimum Gasteiger partial charge on any atom is -0.494 e. The number of piperazine rings is 1. The molecule has 3 saturated heterocycles. The van der Waals surface area contributed by atoms with Crippen molar-refractivity contribution in [1.29, 1.82) is 0 Å². The van der Waals surface area contributed by atoms with E-state index >= 15 is 0 Å². The number of carbonyl (C=O) groups is 1. The lowest BCUT2D eigenvalue weighted by Crippen LogP contribution is -2.59. The van der Waals surface area contributed by atoms with Gasteiger partial charge in [0.05, 0.1) is 41.3 Å². The van der Waals surface area contributed by atoms with Crippen molar-refractivity contribution in [3.05, 3.63) is 99.5 Å². The monoisotopic (exact) mass is 988 g/mol. The van der Waals surface area contributed by atoms with Crippen molar-refractivity contribution >= 4 is 40.0 Å². The number of aliphatic hydroxyl groups is 2. The second-order valence-corrected chi connectivity index (χ2v) is 17.5. The number of aliphatic hydroxyl groups excluding tert-OH is 2. The highest BCUT2D eigenvalue weighted by atomic mass is 127. The molecule has 340 valence electrons. The zero-order valence-electron chi connectivity index (χ0n) is 35.1. The summed E-state index contributed by atoms with van der Waals surface area (Å²) in [6, 6.07) is 20.6. The molecular formula is C45H56F3IN8O6. The molecule has 3 aliphatic rings. The summed E-state index contributed by atoms with van der Waals surface area (Å²) in [6.45, 7) is 8.30. The van der Waals surface area contributed by atoms with E-state index in [-0.39, 0.29) is 18.3 Å². The number of alkyl halides is 3. The number of nitrogens with zero attached hydrogens (tertiary/aromatic N) is 5. The van der Waals surface area contributed by atoms with Crippen molar-refractivity contribution < 1.29 is 42.4 Å². The zero-order valence-corrected chi connectivity index (χ0v) is 37.2. The number of aromatic nitrogens is 2. The van der Waals surface area contributed by atoms with E-state index in [9.17, 15) is 28.2 Å². The van der Waals surface area contributed by atoms with Crippen molar-refractivity contribution in [1.82, 2.24) is 25.1 Å². The molecule has 4 atom stereocenters. The van der Waals surface area contributed by atoms with Crippen molar-refractivity contribution in [3.8, 4) is 17.2 Å². The maximum Gasteiger partial charge on any atom is 0.434 e. The number of carbonyl (C=O) groups excluding carboxylic acids is 1. The van der Waals surface area contributed by atoms with Crippen molar-refractivity contribution in [2.75, 3.05) is 88.9 Å². The highest BCUT2D eigenvalue weighted by molar-refractivity contribution is 14.1. The quantitative estimate of drug-likeness (QED) is 0.0707. The summed E-state index contributed by atoms with van der Waals surface area (Å²) >= 11 is 2.27. The van der Waals surface area contributed by atoms with Gasteiger partial charge in [-0.25, -0.2) is 4.98 Å². The lowest BCUT2D eigenvalue weighted by molar-refractivity contribution is -0.148. The first-order chi connectivity index (χ1) is 30.4. The molecular weight excluding hydrogens is 932 g/mol. The maximum absolute atomic E-state index is 13.0. The molecule has 0 bridgehead atoms. The largest absolute Gasteiger partial charge is 0.494 e. The lowest BCUT2D eigenvalue weighted by atomic mass is 9.95. The first kappa shape index (κ1) is 46.7. The van der Waals surface area contributed by atoms with E-state index in [0.717, 1.165) is 97.8 Å². The third-order valence-electron chi connectivity index (χ3n) is 11.8. The van der Waals surface area contributed by atoms with Crippen LogP contribution in [0.5, 0.6) is 17.2 Å². The molecule has 4 aromatic rings. The van der Waals surface area contributed by atoms with Crippen molar-refractivity contribution in [2.24, 2.45) is 11.7 Å². The molecule has 7 rings (SSSR count). The fraction of sp³-hybridized carbons (Fsp3) is 0.489. The Morgan fingerprint density at radius 3 is 2.29 bits per heavy atom. The number of rotatable bonds is 17. The molecule has 0 aliphatic carbocycles. The van der Waals surface area contributed by atoms with E-state index in [0.29, 0.717) is 50.3 Å². The first-order valence-electron chi connectivity index (χ1n) is 21.5. The van der Waals surface area contributed by atoms with Crippen LogP contribution in [0.3, 0.4) is 0 Å². The number of halogens is 4. The predicted octanol–water partition coefficient (Wildman–Crippen LogP) is 5.03. The van der Waals surface area contributed by atoms with Crippen LogP contribution in [0.15, 0.2) is 79.1 Å². The van der Waals surface area contributed by atoms with Crippen LogP contribution in [-0.2, 0) is 17.3 Å². The van der Waals surface area contributed by atoms with Crippen LogP contribution < -0.4 is 30.7 Å². The number of nitrogens with one attached hydrogen (secondary N) is 2.